The molecule has 0 amide bonds. The van der Waals surface area contributed by atoms with E-state index in [1.165, 1.54) is 36.3 Å². The van der Waals surface area contributed by atoms with Crippen LogP contribution in [0.25, 0.3) is 0 Å². The Balaban J connectivity index is 1.69. The average molecular weight is 337 g/mol. The van der Waals surface area contributed by atoms with Gasteiger partial charge in [0.05, 0.1) is 0 Å². The van der Waals surface area contributed by atoms with E-state index in [2.05, 4.69) is 87.5 Å². The van der Waals surface area contributed by atoms with E-state index in [-0.39, 0.29) is 0 Å². The Morgan fingerprint density at radius 3 is 1.43 bits per heavy atom. The van der Waals surface area contributed by atoms with E-state index in [4.69, 9.17) is 0 Å². The molecule has 0 unspecified atom stereocenters. The Morgan fingerprint density at radius 2 is 0.913 bits per heavy atom. The van der Waals surface area contributed by atoms with Gasteiger partial charge in [0, 0.05) is 19.6 Å². The number of rotatable bonds is 4. The minimum Gasteiger partial charge on any atom is -0.0901 e. The summed E-state index contributed by atoms with van der Waals surface area (Å²) < 4.78 is 0. The fourth-order valence-corrected chi connectivity index (χ4v) is 3.96. The van der Waals surface area contributed by atoms with Gasteiger partial charge in [-0.15, -0.1) is 0 Å². The highest BCUT2D eigenvalue weighted by Gasteiger charge is 2.02. The summed E-state index contributed by atoms with van der Waals surface area (Å²) in [6.07, 6.45) is 0. The summed E-state index contributed by atoms with van der Waals surface area (Å²) in [5, 5.41) is 0. The summed E-state index contributed by atoms with van der Waals surface area (Å²) in [5.41, 5.74) is 4.00. The minimum absolute atomic E-state index is 1.28. The molecule has 3 aromatic carbocycles. The van der Waals surface area contributed by atoms with Crippen LogP contribution in [0.15, 0.2) is 86.3 Å². The van der Waals surface area contributed by atoms with Crippen molar-refractivity contribution in [2.75, 3.05) is 0 Å². The minimum atomic E-state index is 1.28. The Bertz CT molecular complexity index is 787. The van der Waals surface area contributed by atoms with Crippen molar-refractivity contribution < 1.29 is 0 Å². The summed E-state index contributed by atoms with van der Waals surface area (Å²) in [6, 6.07) is 24.1. The van der Waals surface area contributed by atoms with Crippen LogP contribution < -0.4 is 0 Å². The van der Waals surface area contributed by atoms with Crippen molar-refractivity contribution >= 4 is 23.5 Å². The molecule has 0 atom stereocenters. The molecule has 0 N–H and O–H groups in total. The highest BCUT2D eigenvalue weighted by Crippen LogP contribution is 2.32. The van der Waals surface area contributed by atoms with E-state index in [0.29, 0.717) is 0 Å². The van der Waals surface area contributed by atoms with Crippen molar-refractivity contribution in [3.05, 3.63) is 83.4 Å². The molecule has 0 aliphatic carbocycles. The van der Waals surface area contributed by atoms with Gasteiger partial charge >= 0.3 is 0 Å². The van der Waals surface area contributed by atoms with Crippen LogP contribution in [0.5, 0.6) is 0 Å². The molecule has 0 fully saturated rings. The molecule has 3 aromatic rings. The number of hydrogen-bond acceptors (Lipinski definition) is 2. The van der Waals surface area contributed by atoms with Crippen molar-refractivity contribution in [2.24, 2.45) is 0 Å². The van der Waals surface area contributed by atoms with Crippen molar-refractivity contribution in [1.82, 2.24) is 0 Å². The largest absolute Gasteiger partial charge is 0.0901 e. The van der Waals surface area contributed by atoms with E-state index in [9.17, 15) is 0 Å². The van der Waals surface area contributed by atoms with Crippen LogP contribution >= 0.6 is 23.5 Å². The number of benzene rings is 3. The lowest BCUT2D eigenvalue weighted by Gasteiger charge is -2.06. The van der Waals surface area contributed by atoms with Gasteiger partial charge in [-0.2, -0.15) is 0 Å². The second-order valence-corrected chi connectivity index (χ2v) is 8.03. The molecule has 0 radical (unpaired) electrons. The third kappa shape index (κ3) is 4.43. The second kappa shape index (κ2) is 7.29. The van der Waals surface area contributed by atoms with Crippen LogP contribution in [0.2, 0.25) is 0 Å². The maximum Gasteiger partial charge on any atom is 0.0125 e. The smallest absolute Gasteiger partial charge is 0.0125 e. The molecular formula is C21H20S2. The van der Waals surface area contributed by atoms with E-state index in [0.717, 1.165) is 0 Å². The van der Waals surface area contributed by atoms with Crippen molar-refractivity contribution in [1.29, 1.82) is 0 Å². The number of hydrogen-bond donors (Lipinski definition) is 0. The third-order valence-corrected chi connectivity index (χ3v) is 5.81. The maximum atomic E-state index is 2.26. The van der Waals surface area contributed by atoms with Crippen molar-refractivity contribution in [2.45, 2.75) is 40.4 Å². The first-order valence-corrected chi connectivity index (χ1v) is 9.33. The van der Waals surface area contributed by atoms with Gasteiger partial charge in [-0.1, -0.05) is 47.3 Å². The molecule has 0 heterocycles. The zero-order chi connectivity index (χ0) is 16.2. The highest BCUT2D eigenvalue weighted by molar-refractivity contribution is 7.99. The van der Waals surface area contributed by atoms with Gasteiger partial charge in [-0.3, -0.25) is 0 Å². The van der Waals surface area contributed by atoms with Crippen molar-refractivity contribution in [3.8, 4) is 0 Å². The Hall–Kier alpha value is -1.64. The van der Waals surface area contributed by atoms with Gasteiger partial charge in [-0.05, 0) is 80.4 Å². The molecule has 3 rings (SSSR count). The lowest BCUT2D eigenvalue weighted by Crippen LogP contribution is -1.81. The molecule has 0 aromatic heterocycles. The van der Waals surface area contributed by atoms with Crippen LogP contribution in [0, 0.1) is 20.8 Å². The van der Waals surface area contributed by atoms with Gasteiger partial charge in [0.2, 0.25) is 0 Å². The average Bonchev–Trinajstić information content (AvgIpc) is 2.55. The summed E-state index contributed by atoms with van der Waals surface area (Å²) in [4.78, 5) is 5.14. The molecule has 0 bridgehead atoms. The molecule has 0 nitrogen and oxygen atoms in total. The third-order valence-electron chi connectivity index (χ3n) is 3.79. The lowest BCUT2D eigenvalue weighted by atomic mass is 10.1. The standard InChI is InChI=1S/C21H20S2/c1-15-4-7-18(8-5-15)22-19-10-12-20(13-11-19)23-21-9-6-16(2)17(3)14-21/h4-14H,1-3H3. The molecule has 0 aliphatic heterocycles. The van der Waals surface area contributed by atoms with Gasteiger partial charge in [0.25, 0.3) is 0 Å². The van der Waals surface area contributed by atoms with Gasteiger partial charge in [-0.25, -0.2) is 0 Å². The maximum absolute atomic E-state index is 2.26. The second-order valence-electron chi connectivity index (χ2n) is 5.73. The molecule has 0 saturated heterocycles. The zero-order valence-electron chi connectivity index (χ0n) is 13.7. The summed E-state index contributed by atoms with van der Waals surface area (Å²) >= 11 is 3.62. The monoisotopic (exact) mass is 336 g/mol. The zero-order valence-corrected chi connectivity index (χ0v) is 15.3. The molecular weight excluding hydrogens is 316 g/mol. The first-order valence-electron chi connectivity index (χ1n) is 7.70. The quantitative estimate of drug-likeness (QED) is 0.507. The van der Waals surface area contributed by atoms with Gasteiger partial charge in [0.15, 0.2) is 0 Å². The Morgan fingerprint density at radius 1 is 0.478 bits per heavy atom. The molecule has 0 spiro atoms. The van der Waals surface area contributed by atoms with Crippen LogP contribution in [-0.2, 0) is 0 Å². The van der Waals surface area contributed by atoms with E-state index >= 15 is 0 Å². The number of aryl methyl sites for hydroxylation is 3. The highest BCUT2D eigenvalue weighted by atomic mass is 32.2. The fraction of sp³-hybridized carbons (Fsp3) is 0.143. The van der Waals surface area contributed by atoms with Crippen LogP contribution in [-0.4, -0.2) is 0 Å². The molecule has 2 heteroatoms. The van der Waals surface area contributed by atoms with E-state index in [1.807, 2.05) is 11.8 Å². The molecule has 23 heavy (non-hydrogen) atoms. The molecule has 0 saturated carbocycles. The lowest BCUT2D eigenvalue weighted by molar-refractivity contribution is 1.27. The topological polar surface area (TPSA) is 0 Å². The summed E-state index contributed by atoms with van der Waals surface area (Å²) in [7, 11) is 0. The molecule has 116 valence electrons. The van der Waals surface area contributed by atoms with Gasteiger partial charge < -0.3 is 0 Å². The molecule has 0 aliphatic rings. The van der Waals surface area contributed by atoms with Crippen LogP contribution in [0.3, 0.4) is 0 Å². The predicted molar refractivity (Wildman–Crippen MR) is 102 cm³/mol. The summed E-state index contributed by atoms with van der Waals surface area (Å²) in [5.74, 6) is 0. The normalized spacial score (nSPS) is 10.7. The van der Waals surface area contributed by atoms with E-state index < -0.39 is 0 Å². The predicted octanol–water partition coefficient (Wildman–Crippen LogP) is 6.91. The first kappa shape index (κ1) is 16.2. The van der Waals surface area contributed by atoms with Crippen LogP contribution in [0.4, 0.5) is 0 Å². The first-order chi connectivity index (χ1) is 11.1. The van der Waals surface area contributed by atoms with Gasteiger partial charge in [0.1, 0.15) is 0 Å². The Labute approximate surface area is 147 Å². The SMILES string of the molecule is Cc1ccc(Sc2ccc(Sc3ccc(C)c(C)c3)cc2)cc1. The summed E-state index contributed by atoms with van der Waals surface area (Å²) in [6.45, 7) is 6.44. The van der Waals surface area contributed by atoms with E-state index in [1.54, 1.807) is 11.8 Å². The fourth-order valence-electron chi connectivity index (χ4n) is 2.23. The van der Waals surface area contributed by atoms with Crippen LogP contribution in [0.1, 0.15) is 16.7 Å². The van der Waals surface area contributed by atoms with Crippen molar-refractivity contribution in [3.63, 3.8) is 0 Å². The Kier molecular flexibility index (Phi) is 5.14.